The van der Waals surface area contributed by atoms with Gasteiger partial charge < -0.3 is 0 Å². The summed E-state index contributed by atoms with van der Waals surface area (Å²) in [5, 5.41) is 2.24. The fourth-order valence-corrected chi connectivity index (χ4v) is 5.22. The van der Waals surface area contributed by atoms with E-state index in [4.69, 9.17) is 15.0 Å². The number of benzene rings is 4. The topological polar surface area (TPSA) is 95.2 Å². The molecule has 0 N–H and O–H groups in total. The molecule has 0 aliphatic heterocycles. The Kier molecular flexibility index (Phi) is 5.93. The Labute approximate surface area is 246 Å². The van der Waals surface area contributed by atoms with Crippen molar-refractivity contribution in [2.24, 2.45) is 0 Å². The number of para-hydroxylation sites is 2. The lowest BCUT2D eigenvalue weighted by Crippen LogP contribution is -2.07. The van der Waals surface area contributed by atoms with Gasteiger partial charge in [-0.05, 0) is 12.1 Å². The maximum atomic E-state index is 4.96. The van der Waals surface area contributed by atoms with Gasteiger partial charge in [-0.15, -0.1) is 0 Å². The predicted octanol–water partition coefficient (Wildman–Crippen LogP) is 7.22. The van der Waals surface area contributed by atoms with Gasteiger partial charge in [-0.25, -0.2) is 24.9 Å². The molecule has 0 bridgehead atoms. The minimum atomic E-state index is 0.452. The van der Waals surface area contributed by atoms with Crippen molar-refractivity contribution in [3.63, 3.8) is 0 Å². The smallest absolute Gasteiger partial charge is 0.238 e. The Hall–Kier alpha value is -6.15. The molecule has 0 aliphatic rings. The summed E-state index contributed by atoms with van der Waals surface area (Å²) in [7, 11) is 0. The van der Waals surface area contributed by atoms with Gasteiger partial charge in [-0.2, -0.15) is 9.97 Å². The van der Waals surface area contributed by atoms with Crippen molar-refractivity contribution in [1.82, 2.24) is 39.5 Å². The van der Waals surface area contributed by atoms with Crippen LogP contribution in [0.25, 0.3) is 73.3 Å². The number of nitrogens with zero attached hydrogens (tertiary/aromatic N) is 8. The molecule has 4 aromatic heterocycles. The van der Waals surface area contributed by atoms with E-state index in [1.165, 1.54) is 0 Å². The van der Waals surface area contributed by atoms with Crippen molar-refractivity contribution >= 4 is 21.8 Å². The Balaban J connectivity index is 1.31. The Morgan fingerprint density at radius 2 is 0.744 bits per heavy atom. The molecule has 0 aliphatic carbocycles. The first-order chi connectivity index (χ1) is 21.3. The number of rotatable bonds is 5. The second-order valence-electron chi connectivity index (χ2n) is 9.98. The molecule has 8 rings (SSSR count). The molecule has 0 saturated heterocycles. The van der Waals surface area contributed by atoms with Crippen LogP contribution in [0, 0.1) is 0 Å². The van der Waals surface area contributed by atoms with Gasteiger partial charge >= 0.3 is 0 Å². The summed E-state index contributed by atoms with van der Waals surface area (Å²) in [4.78, 5) is 33.3. The number of hydrogen-bond acceptors (Lipinski definition) is 7. The van der Waals surface area contributed by atoms with Crippen LogP contribution in [0.3, 0.4) is 0 Å². The lowest BCUT2D eigenvalue weighted by molar-refractivity contribution is 0.948. The summed E-state index contributed by atoms with van der Waals surface area (Å²) < 4.78 is 2.07. The first kappa shape index (κ1) is 24.6. The van der Waals surface area contributed by atoms with Gasteiger partial charge in [-0.1, -0.05) is 97.1 Å². The van der Waals surface area contributed by atoms with Crippen molar-refractivity contribution < 1.29 is 0 Å². The van der Waals surface area contributed by atoms with Crippen molar-refractivity contribution in [3.8, 4) is 51.5 Å². The lowest BCUT2D eigenvalue weighted by Gasteiger charge is -2.11. The highest BCUT2D eigenvalue weighted by molar-refractivity contribution is 6.08. The molecule has 43 heavy (non-hydrogen) atoms. The lowest BCUT2D eigenvalue weighted by atomic mass is 10.2. The maximum Gasteiger partial charge on any atom is 0.238 e. The highest BCUT2D eigenvalue weighted by Gasteiger charge is 2.18. The summed E-state index contributed by atoms with van der Waals surface area (Å²) in [5.74, 6) is 2.65. The van der Waals surface area contributed by atoms with E-state index in [-0.39, 0.29) is 0 Å². The molecule has 0 amide bonds. The molecule has 8 aromatic rings. The molecule has 0 atom stereocenters. The molecule has 0 unspecified atom stereocenters. The average molecular weight is 555 g/mol. The summed E-state index contributed by atoms with van der Waals surface area (Å²) in [6.45, 7) is 0. The Morgan fingerprint density at radius 3 is 1.19 bits per heavy atom. The van der Waals surface area contributed by atoms with Gasteiger partial charge in [0.2, 0.25) is 5.95 Å². The van der Waals surface area contributed by atoms with Crippen molar-refractivity contribution in [2.45, 2.75) is 0 Å². The normalized spacial score (nSPS) is 11.3. The number of hydrogen-bond donors (Lipinski definition) is 0. The van der Waals surface area contributed by atoms with E-state index in [9.17, 15) is 0 Å². The second-order valence-corrected chi connectivity index (χ2v) is 9.98. The van der Waals surface area contributed by atoms with E-state index in [1.807, 2.05) is 84.9 Å². The van der Waals surface area contributed by atoms with Gasteiger partial charge in [-0.3, -0.25) is 4.57 Å². The molecule has 4 heterocycles. The van der Waals surface area contributed by atoms with E-state index < -0.39 is 0 Å². The van der Waals surface area contributed by atoms with Crippen molar-refractivity contribution in [3.05, 3.63) is 134 Å². The third-order valence-electron chi connectivity index (χ3n) is 7.29. The van der Waals surface area contributed by atoms with Gasteiger partial charge in [0.05, 0.1) is 22.2 Å². The molecule has 0 saturated carbocycles. The Morgan fingerprint density at radius 1 is 0.349 bits per heavy atom. The third-order valence-corrected chi connectivity index (χ3v) is 7.29. The monoisotopic (exact) mass is 554 g/mol. The van der Waals surface area contributed by atoms with Crippen LogP contribution in [0.2, 0.25) is 0 Å². The van der Waals surface area contributed by atoms with Crippen LogP contribution in [-0.4, -0.2) is 39.5 Å². The van der Waals surface area contributed by atoms with Gasteiger partial charge in [0.25, 0.3) is 0 Å². The maximum absolute atomic E-state index is 4.96. The van der Waals surface area contributed by atoms with Crippen LogP contribution in [0.4, 0.5) is 0 Å². The molecular formula is C35H22N8. The summed E-state index contributed by atoms with van der Waals surface area (Å²) in [6.07, 6.45) is 7.00. The zero-order valence-electron chi connectivity index (χ0n) is 22.8. The molecule has 8 nitrogen and oxygen atoms in total. The van der Waals surface area contributed by atoms with Gasteiger partial charge in [0.1, 0.15) is 0 Å². The number of aromatic nitrogens is 8. The Bertz CT molecular complexity index is 2060. The summed E-state index contributed by atoms with van der Waals surface area (Å²) >= 11 is 0. The first-order valence-electron chi connectivity index (χ1n) is 13.8. The summed E-state index contributed by atoms with van der Waals surface area (Å²) in [6, 6.07) is 36.2. The highest BCUT2D eigenvalue weighted by atomic mass is 15.2. The molecule has 202 valence electrons. The van der Waals surface area contributed by atoms with Crippen LogP contribution in [0.1, 0.15) is 0 Å². The van der Waals surface area contributed by atoms with E-state index in [1.54, 1.807) is 24.8 Å². The van der Waals surface area contributed by atoms with Gasteiger partial charge in [0, 0.05) is 46.7 Å². The zero-order valence-corrected chi connectivity index (χ0v) is 22.8. The van der Waals surface area contributed by atoms with Crippen molar-refractivity contribution in [2.75, 3.05) is 0 Å². The molecular weight excluding hydrogens is 532 g/mol. The van der Waals surface area contributed by atoms with Crippen LogP contribution in [-0.2, 0) is 0 Å². The minimum absolute atomic E-state index is 0.452. The van der Waals surface area contributed by atoms with Crippen LogP contribution < -0.4 is 0 Å². The molecule has 0 spiro atoms. The van der Waals surface area contributed by atoms with E-state index in [0.717, 1.165) is 32.9 Å². The molecule has 0 radical (unpaired) electrons. The van der Waals surface area contributed by atoms with E-state index in [0.29, 0.717) is 40.4 Å². The van der Waals surface area contributed by atoms with Gasteiger partial charge in [0.15, 0.2) is 23.3 Å². The third kappa shape index (κ3) is 4.47. The average Bonchev–Trinajstić information content (AvgIpc) is 3.43. The van der Waals surface area contributed by atoms with E-state index >= 15 is 0 Å². The van der Waals surface area contributed by atoms with Crippen LogP contribution >= 0.6 is 0 Å². The van der Waals surface area contributed by atoms with Crippen LogP contribution in [0.5, 0.6) is 0 Å². The largest absolute Gasteiger partial charge is 0.278 e. The second kappa shape index (κ2) is 10.4. The fraction of sp³-hybridized carbons (Fsp3) is 0. The minimum Gasteiger partial charge on any atom is -0.278 e. The SMILES string of the molecule is c1ccc(-c2ncc(-c3nc(-c4cnc(-c5ccccc5)nc4)nc(-n4c5ccccc5c5ccccc54)n3)cn2)cc1. The van der Waals surface area contributed by atoms with E-state index in [2.05, 4.69) is 48.8 Å². The zero-order chi connectivity index (χ0) is 28.6. The standard InChI is InChI=1S/C35H22N8/c1-3-11-23(12-4-1)31-36-19-25(20-37-31)33-40-34(26-21-38-32(39-22-26)24-13-5-2-6-14-24)42-35(41-33)43-29-17-9-7-15-27(29)28-16-8-10-18-30(28)43/h1-22H. The van der Waals surface area contributed by atoms with Crippen molar-refractivity contribution in [1.29, 1.82) is 0 Å². The summed E-state index contributed by atoms with van der Waals surface area (Å²) in [5.41, 5.74) is 5.22. The molecule has 0 fully saturated rings. The highest BCUT2D eigenvalue weighted by Crippen LogP contribution is 2.32. The number of fused-ring (bicyclic) bond motifs is 3. The molecule has 4 aromatic carbocycles. The predicted molar refractivity (Wildman–Crippen MR) is 167 cm³/mol. The quantitative estimate of drug-likeness (QED) is 0.222. The van der Waals surface area contributed by atoms with Crippen LogP contribution in [0.15, 0.2) is 134 Å². The fourth-order valence-electron chi connectivity index (χ4n) is 5.22. The molecule has 8 heteroatoms. The first-order valence-corrected chi connectivity index (χ1v) is 13.8.